The molecule has 1 amide bonds. The van der Waals surface area contributed by atoms with Gasteiger partial charge in [0, 0.05) is 38.6 Å². The van der Waals surface area contributed by atoms with E-state index in [1.807, 2.05) is 11.0 Å². The van der Waals surface area contributed by atoms with E-state index >= 15 is 0 Å². The number of piperazine rings is 1. The fraction of sp³-hybridized carbons (Fsp3) is 0.353. The number of carbonyl (C=O) groups is 1. The van der Waals surface area contributed by atoms with Crippen molar-refractivity contribution in [2.45, 2.75) is 6.61 Å². The molecule has 2 N–H and O–H groups in total. The second-order valence-electron chi connectivity index (χ2n) is 5.95. The molecule has 2 aromatic rings. The van der Waals surface area contributed by atoms with E-state index in [9.17, 15) is 4.79 Å². The number of rotatable bonds is 6. The van der Waals surface area contributed by atoms with Crippen LogP contribution in [-0.2, 0) is 11.4 Å². The monoisotopic (exact) mass is 395 g/mol. The molecule has 1 aliphatic heterocycles. The average Bonchev–Trinajstić information content (AvgIpc) is 2.63. The number of carbonyl (C=O) groups excluding carboxylic acids is 1. The summed E-state index contributed by atoms with van der Waals surface area (Å²) in [5.74, 6) is 0.830. The molecule has 1 aromatic carbocycles. The molecule has 0 saturated carbocycles. The number of nitrogens with two attached hydrogens (primary N) is 1. The highest BCUT2D eigenvalue weighted by atomic mass is 35.5. The molecule has 1 fully saturated rings. The highest BCUT2D eigenvalue weighted by molar-refractivity contribution is 6.42. The third-order valence-electron chi connectivity index (χ3n) is 4.06. The Morgan fingerprint density at radius 2 is 1.85 bits per heavy atom. The van der Waals surface area contributed by atoms with Crippen LogP contribution in [0.25, 0.3) is 0 Å². The van der Waals surface area contributed by atoms with Crippen molar-refractivity contribution in [1.29, 1.82) is 0 Å². The van der Waals surface area contributed by atoms with Crippen LogP contribution in [0.5, 0.6) is 5.88 Å². The number of amides is 1. The lowest BCUT2D eigenvalue weighted by molar-refractivity contribution is -0.119. The number of aromatic nitrogens is 2. The van der Waals surface area contributed by atoms with Crippen LogP contribution >= 0.6 is 23.2 Å². The van der Waals surface area contributed by atoms with E-state index in [2.05, 4.69) is 14.9 Å². The van der Waals surface area contributed by atoms with E-state index < -0.39 is 0 Å². The molecule has 138 valence electrons. The maximum atomic E-state index is 11.0. The Hall–Kier alpha value is -2.09. The highest BCUT2D eigenvalue weighted by Crippen LogP contribution is 2.26. The molecule has 0 unspecified atom stereocenters. The second-order valence-corrected chi connectivity index (χ2v) is 6.77. The van der Waals surface area contributed by atoms with Crippen LogP contribution in [0.15, 0.2) is 30.6 Å². The van der Waals surface area contributed by atoms with E-state index in [1.165, 1.54) is 0 Å². The number of hydrogen-bond donors (Lipinski definition) is 1. The number of halogens is 2. The van der Waals surface area contributed by atoms with Gasteiger partial charge in [-0.25, -0.2) is 9.97 Å². The molecule has 0 spiro atoms. The van der Waals surface area contributed by atoms with Crippen molar-refractivity contribution in [1.82, 2.24) is 14.9 Å². The molecule has 1 saturated heterocycles. The molecule has 1 aliphatic rings. The van der Waals surface area contributed by atoms with E-state index in [-0.39, 0.29) is 12.5 Å². The van der Waals surface area contributed by atoms with Gasteiger partial charge in [-0.15, -0.1) is 0 Å². The Kier molecular flexibility index (Phi) is 6.13. The molecule has 0 bridgehead atoms. The minimum Gasteiger partial charge on any atom is -0.470 e. The van der Waals surface area contributed by atoms with Gasteiger partial charge in [0.05, 0.1) is 16.6 Å². The summed E-state index contributed by atoms with van der Waals surface area (Å²) in [6, 6.07) is 5.35. The van der Waals surface area contributed by atoms with Crippen LogP contribution in [-0.4, -0.2) is 53.5 Å². The van der Waals surface area contributed by atoms with Crippen molar-refractivity contribution >= 4 is 34.9 Å². The fourth-order valence-electron chi connectivity index (χ4n) is 2.76. The van der Waals surface area contributed by atoms with Crippen LogP contribution in [0.4, 0.5) is 5.82 Å². The summed E-state index contributed by atoms with van der Waals surface area (Å²) in [7, 11) is 0. The first kappa shape index (κ1) is 18.7. The third kappa shape index (κ3) is 4.75. The summed E-state index contributed by atoms with van der Waals surface area (Å²) in [6.07, 6.45) is 3.23. The molecular weight excluding hydrogens is 377 g/mol. The van der Waals surface area contributed by atoms with Crippen molar-refractivity contribution in [3.8, 4) is 5.88 Å². The summed E-state index contributed by atoms with van der Waals surface area (Å²) in [5, 5.41) is 0.988. The Morgan fingerprint density at radius 1 is 1.12 bits per heavy atom. The summed E-state index contributed by atoms with van der Waals surface area (Å²) in [6.45, 7) is 3.47. The molecule has 0 aliphatic carbocycles. The van der Waals surface area contributed by atoms with Gasteiger partial charge in [0.1, 0.15) is 6.61 Å². The molecule has 2 heterocycles. The predicted octanol–water partition coefficient (Wildman–Crippen LogP) is 1.97. The first-order chi connectivity index (χ1) is 12.5. The lowest BCUT2D eigenvalue weighted by Crippen LogP contribution is -2.49. The van der Waals surface area contributed by atoms with Gasteiger partial charge in [0.25, 0.3) is 5.88 Å². The molecule has 0 atom stereocenters. The zero-order chi connectivity index (χ0) is 18.5. The molecular formula is C17H19Cl2N5O2. The first-order valence-electron chi connectivity index (χ1n) is 8.16. The molecule has 0 radical (unpaired) electrons. The molecule has 9 heteroatoms. The number of hydrogen-bond acceptors (Lipinski definition) is 6. The predicted molar refractivity (Wildman–Crippen MR) is 101 cm³/mol. The number of nitrogens with zero attached hydrogens (tertiary/aromatic N) is 4. The van der Waals surface area contributed by atoms with E-state index in [0.29, 0.717) is 28.3 Å². The van der Waals surface area contributed by atoms with Crippen molar-refractivity contribution in [3.63, 3.8) is 0 Å². The normalized spacial score (nSPS) is 15.1. The summed E-state index contributed by atoms with van der Waals surface area (Å²) in [4.78, 5) is 23.9. The number of benzene rings is 1. The SMILES string of the molecule is NC(=O)CN1CCN(c2nccnc2OCc2ccc(Cl)c(Cl)c2)CC1. The van der Waals surface area contributed by atoms with E-state index in [4.69, 9.17) is 33.7 Å². The van der Waals surface area contributed by atoms with Gasteiger partial charge >= 0.3 is 0 Å². The standard InChI is InChI=1S/C17H19Cl2N5O2/c18-13-2-1-12(9-14(13)19)11-26-17-16(21-3-4-22-17)24-7-5-23(6-8-24)10-15(20)25/h1-4,9H,5-8,10-11H2,(H2,20,25). The molecule has 7 nitrogen and oxygen atoms in total. The lowest BCUT2D eigenvalue weighted by Gasteiger charge is -2.34. The maximum Gasteiger partial charge on any atom is 0.257 e. The largest absolute Gasteiger partial charge is 0.470 e. The molecule has 3 rings (SSSR count). The van der Waals surface area contributed by atoms with Crippen molar-refractivity contribution in [2.75, 3.05) is 37.6 Å². The van der Waals surface area contributed by atoms with Crippen LogP contribution in [0.2, 0.25) is 10.0 Å². The fourth-order valence-corrected chi connectivity index (χ4v) is 3.08. The average molecular weight is 396 g/mol. The summed E-state index contributed by atoms with van der Waals surface area (Å²) in [5.41, 5.74) is 6.14. The van der Waals surface area contributed by atoms with Gasteiger partial charge < -0.3 is 15.4 Å². The van der Waals surface area contributed by atoms with E-state index in [0.717, 1.165) is 31.7 Å². The topological polar surface area (TPSA) is 84.6 Å². The maximum absolute atomic E-state index is 11.0. The molecule has 26 heavy (non-hydrogen) atoms. The van der Waals surface area contributed by atoms with Gasteiger partial charge in [-0.05, 0) is 17.7 Å². The summed E-state index contributed by atoms with van der Waals surface area (Å²) < 4.78 is 5.86. The zero-order valence-electron chi connectivity index (χ0n) is 14.1. The van der Waals surface area contributed by atoms with Crippen LogP contribution in [0, 0.1) is 0 Å². The van der Waals surface area contributed by atoms with Gasteiger partial charge in [0.15, 0.2) is 5.82 Å². The van der Waals surface area contributed by atoms with E-state index in [1.54, 1.807) is 24.5 Å². The quantitative estimate of drug-likeness (QED) is 0.804. The minimum atomic E-state index is -0.316. The van der Waals surface area contributed by atoms with Crippen molar-refractivity contribution in [3.05, 3.63) is 46.2 Å². The van der Waals surface area contributed by atoms with Crippen molar-refractivity contribution < 1.29 is 9.53 Å². The number of ether oxygens (including phenoxy) is 1. The van der Waals surface area contributed by atoms with Crippen LogP contribution < -0.4 is 15.4 Å². The smallest absolute Gasteiger partial charge is 0.257 e. The first-order valence-corrected chi connectivity index (χ1v) is 8.92. The van der Waals surface area contributed by atoms with Gasteiger partial charge in [-0.2, -0.15) is 0 Å². The second kappa shape index (κ2) is 8.53. The highest BCUT2D eigenvalue weighted by Gasteiger charge is 2.22. The van der Waals surface area contributed by atoms with Crippen LogP contribution in [0.3, 0.4) is 0 Å². The Balaban J connectivity index is 1.65. The zero-order valence-corrected chi connectivity index (χ0v) is 15.6. The number of primary amides is 1. The lowest BCUT2D eigenvalue weighted by atomic mass is 10.2. The molecule has 1 aromatic heterocycles. The Labute approximate surface area is 161 Å². The summed E-state index contributed by atoms with van der Waals surface area (Å²) >= 11 is 12.0. The van der Waals surface area contributed by atoms with Gasteiger partial charge in [-0.1, -0.05) is 29.3 Å². The van der Waals surface area contributed by atoms with Crippen molar-refractivity contribution in [2.24, 2.45) is 5.73 Å². The van der Waals surface area contributed by atoms with Crippen LogP contribution in [0.1, 0.15) is 5.56 Å². The third-order valence-corrected chi connectivity index (χ3v) is 4.80. The van der Waals surface area contributed by atoms with Gasteiger partial charge in [0.2, 0.25) is 5.91 Å². The number of anilines is 1. The minimum absolute atomic E-state index is 0.273. The Bertz CT molecular complexity index is 781. The Morgan fingerprint density at radius 3 is 2.54 bits per heavy atom. The van der Waals surface area contributed by atoms with Gasteiger partial charge in [-0.3, -0.25) is 9.69 Å².